The summed E-state index contributed by atoms with van der Waals surface area (Å²) < 4.78 is 0. The van der Waals surface area contributed by atoms with Gasteiger partial charge in [0.2, 0.25) is 0 Å². The lowest BCUT2D eigenvalue weighted by Crippen LogP contribution is -2.35. The number of amides is 3. The highest BCUT2D eigenvalue weighted by Gasteiger charge is 2.24. The van der Waals surface area contributed by atoms with Gasteiger partial charge in [0.15, 0.2) is 0 Å². The van der Waals surface area contributed by atoms with Crippen molar-refractivity contribution in [1.29, 1.82) is 0 Å². The number of aliphatic hydroxyl groups is 1. The Morgan fingerprint density at radius 3 is 2.90 bits per heavy atom. The number of imide groups is 1. The summed E-state index contributed by atoms with van der Waals surface area (Å²) in [5.74, 6) is -0.546. The molecule has 1 aliphatic rings. The molecule has 0 aromatic heterocycles. The zero-order valence-electron chi connectivity index (χ0n) is 5.33. The van der Waals surface area contributed by atoms with Crippen LogP contribution in [0.15, 0.2) is 0 Å². The van der Waals surface area contributed by atoms with Gasteiger partial charge in [-0.25, -0.2) is 4.79 Å². The number of hydrogen-bond donors (Lipinski definition) is 2. The summed E-state index contributed by atoms with van der Waals surface area (Å²) in [5, 5.41) is 10.8. The number of hydrogen-bond acceptors (Lipinski definition) is 3. The molecule has 10 heavy (non-hydrogen) atoms. The average Bonchev–Trinajstić information content (AvgIpc) is 2.34. The third kappa shape index (κ3) is 1.08. The fourth-order valence-electron chi connectivity index (χ4n) is 0.795. The van der Waals surface area contributed by atoms with Crippen LogP contribution >= 0.6 is 0 Å². The number of nitrogens with zero attached hydrogens (tertiary/aromatic N) is 1. The first kappa shape index (κ1) is 7.01. The molecule has 0 aromatic rings. The normalized spacial score (nSPS) is 17.3. The lowest BCUT2D eigenvalue weighted by molar-refractivity contribution is -0.130. The van der Waals surface area contributed by atoms with E-state index in [1.807, 2.05) is 0 Å². The second-order valence-corrected chi connectivity index (χ2v) is 1.94. The highest BCUT2D eigenvalue weighted by Crippen LogP contribution is 1.95. The van der Waals surface area contributed by atoms with Crippen molar-refractivity contribution >= 4 is 11.9 Å². The molecular formula is C5H8N2O3. The van der Waals surface area contributed by atoms with E-state index >= 15 is 0 Å². The Kier molecular flexibility index (Phi) is 1.86. The first-order valence-corrected chi connectivity index (χ1v) is 2.95. The van der Waals surface area contributed by atoms with Crippen LogP contribution in [-0.2, 0) is 4.79 Å². The minimum absolute atomic E-state index is 0.359. The van der Waals surface area contributed by atoms with Gasteiger partial charge in [-0.3, -0.25) is 9.69 Å². The van der Waals surface area contributed by atoms with E-state index < -0.39 is 18.5 Å². The van der Waals surface area contributed by atoms with E-state index in [0.717, 1.165) is 4.90 Å². The molecule has 0 saturated carbocycles. The molecule has 0 unspecified atom stereocenters. The molecule has 3 amide bonds. The van der Waals surface area contributed by atoms with Gasteiger partial charge in [0.05, 0.1) is 0 Å². The smallest absolute Gasteiger partial charge is 0.324 e. The van der Waals surface area contributed by atoms with Gasteiger partial charge in [-0.15, -0.1) is 0 Å². The molecule has 0 aromatic carbocycles. The van der Waals surface area contributed by atoms with Crippen LogP contribution in [0.1, 0.15) is 0 Å². The summed E-state index contributed by atoms with van der Waals surface area (Å²) >= 11 is 0. The summed E-state index contributed by atoms with van der Waals surface area (Å²) in [6.07, 6.45) is 0. The Bertz CT molecular complexity index is 168. The van der Waals surface area contributed by atoms with E-state index in [1.54, 1.807) is 0 Å². The highest BCUT2D eigenvalue weighted by atomic mass is 16.3. The minimum Gasteiger partial charge on any atom is -0.387 e. The van der Waals surface area contributed by atoms with Crippen molar-refractivity contribution in [3.05, 3.63) is 0 Å². The van der Waals surface area contributed by atoms with E-state index in [2.05, 4.69) is 5.32 Å². The predicted octanol–water partition coefficient (Wildman–Crippen LogP) is -1.47. The van der Waals surface area contributed by atoms with E-state index in [4.69, 9.17) is 5.11 Å². The zero-order chi connectivity index (χ0) is 7.56. The van der Waals surface area contributed by atoms with Crippen molar-refractivity contribution in [3.8, 4) is 0 Å². The molecular weight excluding hydrogens is 136 g/mol. The summed E-state index contributed by atoms with van der Waals surface area (Å²) in [6.45, 7) is 0.232. The summed E-state index contributed by atoms with van der Waals surface area (Å²) in [7, 11) is 0. The van der Waals surface area contributed by atoms with Gasteiger partial charge in [0, 0.05) is 13.1 Å². The van der Waals surface area contributed by atoms with E-state index in [-0.39, 0.29) is 0 Å². The van der Waals surface area contributed by atoms with Gasteiger partial charge in [-0.05, 0) is 0 Å². The van der Waals surface area contributed by atoms with Crippen molar-refractivity contribution in [2.75, 3.05) is 19.7 Å². The van der Waals surface area contributed by atoms with Crippen molar-refractivity contribution < 1.29 is 14.7 Å². The maximum absolute atomic E-state index is 10.7. The molecule has 0 atom stereocenters. The predicted molar refractivity (Wildman–Crippen MR) is 32.2 cm³/mol. The van der Waals surface area contributed by atoms with Gasteiger partial charge >= 0.3 is 6.03 Å². The fourth-order valence-corrected chi connectivity index (χ4v) is 0.795. The van der Waals surface area contributed by atoms with Crippen molar-refractivity contribution in [2.24, 2.45) is 0 Å². The Morgan fingerprint density at radius 1 is 1.80 bits per heavy atom. The largest absolute Gasteiger partial charge is 0.387 e. The standard InChI is InChI=1S/C5H8N2O3/c8-3-4(9)7-2-1-6-5(7)10/h8H,1-3H2,(H,6,10). The second kappa shape index (κ2) is 2.66. The monoisotopic (exact) mass is 144 g/mol. The van der Waals surface area contributed by atoms with Crippen molar-refractivity contribution in [2.45, 2.75) is 0 Å². The topological polar surface area (TPSA) is 69.6 Å². The number of aliphatic hydroxyl groups excluding tert-OH is 1. The molecule has 5 nitrogen and oxygen atoms in total. The van der Waals surface area contributed by atoms with Gasteiger partial charge in [-0.2, -0.15) is 0 Å². The van der Waals surface area contributed by atoms with Gasteiger partial charge in [-0.1, -0.05) is 0 Å². The first-order valence-electron chi connectivity index (χ1n) is 2.95. The number of carbonyl (C=O) groups excluding carboxylic acids is 2. The van der Waals surface area contributed by atoms with Crippen LogP contribution in [-0.4, -0.2) is 41.6 Å². The third-order valence-electron chi connectivity index (χ3n) is 1.29. The molecule has 1 fully saturated rings. The summed E-state index contributed by atoms with van der Waals surface area (Å²) in [4.78, 5) is 22.3. The van der Waals surface area contributed by atoms with E-state index in [1.165, 1.54) is 0 Å². The van der Waals surface area contributed by atoms with E-state index in [9.17, 15) is 9.59 Å². The maximum atomic E-state index is 10.7. The molecule has 0 radical (unpaired) electrons. The van der Waals surface area contributed by atoms with Crippen molar-refractivity contribution in [1.82, 2.24) is 10.2 Å². The van der Waals surface area contributed by atoms with Crippen molar-refractivity contribution in [3.63, 3.8) is 0 Å². The Labute approximate surface area is 57.6 Å². The van der Waals surface area contributed by atoms with Gasteiger partial charge in [0.25, 0.3) is 5.91 Å². The molecule has 1 aliphatic heterocycles. The molecule has 5 heteroatoms. The lowest BCUT2D eigenvalue weighted by Gasteiger charge is -2.08. The van der Waals surface area contributed by atoms with Crippen LogP contribution < -0.4 is 5.32 Å². The molecule has 0 spiro atoms. The first-order chi connectivity index (χ1) is 4.75. The fraction of sp³-hybridized carbons (Fsp3) is 0.600. The van der Waals surface area contributed by atoms with Gasteiger partial charge < -0.3 is 10.4 Å². The molecule has 2 N–H and O–H groups in total. The molecule has 1 rings (SSSR count). The Morgan fingerprint density at radius 2 is 2.50 bits per heavy atom. The van der Waals surface area contributed by atoms with Crippen LogP contribution in [0, 0.1) is 0 Å². The van der Waals surface area contributed by atoms with Crippen LogP contribution in [0.5, 0.6) is 0 Å². The molecule has 1 saturated heterocycles. The van der Waals surface area contributed by atoms with Crippen LogP contribution in [0.3, 0.4) is 0 Å². The van der Waals surface area contributed by atoms with E-state index in [0.29, 0.717) is 13.1 Å². The maximum Gasteiger partial charge on any atom is 0.324 e. The molecule has 0 bridgehead atoms. The molecule has 56 valence electrons. The Hall–Kier alpha value is -1.10. The second-order valence-electron chi connectivity index (χ2n) is 1.94. The SMILES string of the molecule is O=C(CO)N1CCNC1=O. The Balaban J connectivity index is 2.55. The van der Waals surface area contributed by atoms with Gasteiger partial charge in [0.1, 0.15) is 6.61 Å². The van der Waals surface area contributed by atoms with Crippen LogP contribution in [0.4, 0.5) is 4.79 Å². The van der Waals surface area contributed by atoms with Crippen LogP contribution in [0.2, 0.25) is 0 Å². The quantitative estimate of drug-likeness (QED) is 0.472. The number of rotatable bonds is 1. The highest BCUT2D eigenvalue weighted by molar-refractivity contribution is 5.96. The number of urea groups is 1. The van der Waals surface area contributed by atoms with Crippen LogP contribution in [0.25, 0.3) is 0 Å². The number of nitrogens with one attached hydrogen (secondary N) is 1. The molecule has 1 heterocycles. The minimum atomic E-state index is -0.604. The summed E-state index contributed by atoms with van der Waals surface area (Å²) in [5.41, 5.74) is 0. The third-order valence-corrected chi connectivity index (χ3v) is 1.29. The zero-order valence-corrected chi connectivity index (χ0v) is 5.33. The molecule has 0 aliphatic carbocycles. The average molecular weight is 144 g/mol. The number of carbonyl (C=O) groups is 2. The lowest BCUT2D eigenvalue weighted by atomic mass is 10.5. The summed E-state index contributed by atoms with van der Waals surface area (Å²) in [6, 6.07) is -0.418.